The summed E-state index contributed by atoms with van der Waals surface area (Å²) in [4.78, 5) is 2.38. The maximum Gasteiger partial charge on any atom is 0.234 e. The second-order valence-electron chi connectivity index (χ2n) is 16.5. The standard InChI is InChI=1S/C42H43BN2O2/c1-40(2,3)25-22-35-38-36(23-25)47-39-29(19-17-27-37(39)42(6,7)21-20-41(27,4)5)43(38)28-18-16-26(24-34(28)46-35)45-32-14-10-8-12-30(32)44-31-13-9-11-15-33(31)45/h8-19,22-24,28,34,44H,20-21H2,1-7H3. The van der Waals surface area contributed by atoms with Crippen molar-refractivity contribution in [2.45, 2.75) is 89.5 Å². The van der Waals surface area contributed by atoms with Crippen LogP contribution in [-0.4, -0.2) is 12.8 Å². The Morgan fingerprint density at radius 3 is 2.19 bits per heavy atom. The highest BCUT2D eigenvalue weighted by Gasteiger charge is 2.50. The molecule has 5 aliphatic rings. The van der Waals surface area contributed by atoms with Crippen LogP contribution in [0.4, 0.5) is 22.7 Å². The molecule has 4 aromatic carbocycles. The summed E-state index contributed by atoms with van der Waals surface area (Å²) in [6.45, 7) is 16.6. The fourth-order valence-corrected chi connectivity index (χ4v) is 8.73. The van der Waals surface area contributed by atoms with Crippen molar-refractivity contribution in [1.82, 2.24) is 0 Å². The number of rotatable bonds is 1. The van der Waals surface area contributed by atoms with Crippen LogP contribution in [0.1, 0.15) is 78.0 Å². The van der Waals surface area contributed by atoms with Crippen LogP contribution in [-0.2, 0) is 16.2 Å². The first-order valence-electron chi connectivity index (χ1n) is 17.3. The van der Waals surface area contributed by atoms with E-state index in [0.29, 0.717) is 0 Å². The Labute approximate surface area is 279 Å². The zero-order chi connectivity index (χ0) is 32.5. The third kappa shape index (κ3) is 4.21. The molecule has 2 atom stereocenters. The number of para-hydroxylation sites is 4. The van der Waals surface area contributed by atoms with Crippen LogP contribution in [0.3, 0.4) is 0 Å². The Hall–Kier alpha value is -4.38. The number of nitrogens with zero attached hydrogens (tertiary/aromatic N) is 1. The second kappa shape index (κ2) is 9.59. The SMILES string of the molecule is CC(C)(C)c1cc2c3c(c1)OC1C=C(N4c5ccccc5Nc5ccccc54)C=CC1B3c1ccc3c(c1O2)C(C)(C)CCC3(C)C. The first-order chi connectivity index (χ1) is 22.4. The summed E-state index contributed by atoms with van der Waals surface area (Å²) in [7, 11) is 0. The molecule has 0 aromatic heterocycles. The first-order valence-corrected chi connectivity index (χ1v) is 17.3. The van der Waals surface area contributed by atoms with E-state index in [2.05, 4.69) is 150 Å². The van der Waals surface area contributed by atoms with Crippen LogP contribution < -0.4 is 30.6 Å². The van der Waals surface area contributed by atoms with Gasteiger partial charge < -0.3 is 19.7 Å². The van der Waals surface area contributed by atoms with Gasteiger partial charge in [-0.05, 0) is 94.2 Å². The fraction of sp³-hybridized carbons (Fsp3) is 0.333. The van der Waals surface area contributed by atoms with Crippen molar-refractivity contribution < 1.29 is 9.47 Å². The van der Waals surface area contributed by atoms with Gasteiger partial charge in [0.05, 0.1) is 22.7 Å². The molecular weight excluding hydrogens is 575 g/mol. The summed E-state index contributed by atoms with van der Waals surface area (Å²) in [5, 5.41) is 3.64. The van der Waals surface area contributed by atoms with Gasteiger partial charge in [-0.3, -0.25) is 0 Å². The van der Waals surface area contributed by atoms with Crippen molar-refractivity contribution in [1.29, 1.82) is 0 Å². The average Bonchev–Trinajstić information content (AvgIpc) is 3.04. The molecule has 0 amide bonds. The molecule has 4 aromatic rings. The lowest BCUT2D eigenvalue weighted by atomic mass is 9.30. The van der Waals surface area contributed by atoms with Gasteiger partial charge in [0.25, 0.3) is 0 Å². The highest BCUT2D eigenvalue weighted by Crippen LogP contribution is 2.53. The van der Waals surface area contributed by atoms with Gasteiger partial charge in [0.2, 0.25) is 6.71 Å². The smallest absolute Gasteiger partial charge is 0.234 e. The van der Waals surface area contributed by atoms with Gasteiger partial charge >= 0.3 is 0 Å². The topological polar surface area (TPSA) is 33.7 Å². The van der Waals surface area contributed by atoms with E-state index in [4.69, 9.17) is 9.47 Å². The lowest BCUT2D eigenvalue weighted by Gasteiger charge is -2.46. The van der Waals surface area contributed by atoms with E-state index in [9.17, 15) is 0 Å². The molecule has 47 heavy (non-hydrogen) atoms. The van der Waals surface area contributed by atoms with E-state index >= 15 is 0 Å². The summed E-state index contributed by atoms with van der Waals surface area (Å²) < 4.78 is 14.2. The molecule has 3 aliphatic heterocycles. The van der Waals surface area contributed by atoms with Gasteiger partial charge in [-0.25, -0.2) is 0 Å². The summed E-state index contributed by atoms with van der Waals surface area (Å²) in [6.07, 6.45) is 9.28. The van der Waals surface area contributed by atoms with Gasteiger partial charge in [-0.2, -0.15) is 0 Å². The minimum absolute atomic E-state index is 0.0291. The monoisotopic (exact) mass is 618 g/mol. The minimum Gasteiger partial charge on any atom is -0.487 e. The van der Waals surface area contributed by atoms with E-state index in [1.54, 1.807) is 0 Å². The zero-order valence-electron chi connectivity index (χ0n) is 28.6. The van der Waals surface area contributed by atoms with E-state index in [1.165, 1.54) is 34.0 Å². The van der Waals surface area contributed by atoms with Crippen LogP contribution in [0, 0.1) is 0 Å². The van der Waals surface area contributed by atoms with Crippen molar-refractivity contribution in [2.24, 2.45) is 0 Å². The normalized spacial score (nSPS) is 22.1. The first kappa shape index (κ1) is 28.8. The number of benzene rings is 4. The number of hydrogen-bond donors (Lipinski definition) is 1. The molecule has 0 spiro atoms. The number of allylic oxidation sites excluding steroid dienone is 1. The van der Waals surface area contributed by atoms with Crippen molar-refractivity contribution in [3.63, 3.8) is 0 Å². The summed E-state index contributed by atoms with van der Waals surface area (Å²) in [6, 6.07) is 26.5. The van der Waals surface area contributed by atoms with Crippen LogP contribution >= 0.6 is 0 Å². The molecule has 4 nitrogen and oxygen atoms in total. The molecule has 2 aliphatic carbocycles. The lowest BCUT2D eigenvalue weighted by molar-refractivity contribution is 0.243. The number of hydrogen-bond acceptors (Lipinski definition) is 4. The predicted molar refractivity (Wildman–Crippen MR) is 196 cm³/mol. The van der Waals surface area contributed by atoms with Gasteiger partial charge in [0.15, 0.2) is 0 Å². The summed E-state index contributed by atoms with van der Waals surface area (Å²) >= 11 is 0. The molecule has 5 heteroatoms. The lowest BCUT2D eigenvalue weighted by Crippen LogP contribution is -2.57. The van der Waals surface area contributed by atoms with Gasteiger partial charge in [-0.15, -0.1) is 0 Å². The third-order valence-corrected chi connectivity index (χ3v) is 11.5. The highest BCUT2D eigenvalue weighted by molar-refractivity contribution is 6.89. The Kier molecular flexibility index (Phi) is 5.88. The van der Waals surface area contributed by atoms with Gasteiger partial charge in [-0.1, -0.05) is 90.9 Å². The molecule has 0 saturated carbocycles. The largest absolute Gasteiger partial charge is 0.487 e. The van der Waals surface area contributed by atoms with Crippen molar-refractivity contribution in [3.8, 4) is 17.2 Å². The average molecular weight is 619 g/mol. The van der Waals surface area contributed by atoms with Crippen LogP contribution in [0.5, 0.6) is 17.2 Å². The second-order valence-corrected chi connectivity index (χ2v) is 16.5. The zero-order valence-corrected chi connectivity index (χ0v) is 28.6. The molecule has 0 fully saturated rings. The number of nitrogens with one attached hydrogen (secondary N) is 1. The Morgan fingerprint density at radius 2 is 1.49 bits per heavy atom. The van der Waals surface area contributed by atoms with Crippen molar-refractivity contribution in [3.05, 3.63) is 113 Å². The molecular formula is C42H43BN2O2. The molecule has 236 valence electrons. The van der Waals surface area contributed by atoms with E-state index in [1.807, 2.05) is 0 Å². The maximum absolute atomic E-state index is 7.13. The summed E-state index contributed by atoms with van der Waals surface area (Å²) in [5.41, 5.74) is 12.3. The number of fused-ring (bicyclic) bond motifs is 8. The van der Waals surface area contributed by atoms with Crippen molar-refractivity contribution in [2.75, 3.05) is 10.2 Å². The highest BCUT2D eigenvalue weighted by atomic mass is 16.5. The molecule has 0 saturated heterocycles. The van der Waals surface area contributed by atoms with E-state index in [-0.39, 0.29) is 34.9 Å². The quantitative estimate of drug-likeness (QED) is 0.216. The molecule has 2 unspecified atom stereocenters. The molecule has 9 rings (SSSR count). The fourth-order valence-electron chi connectivity index (χ4n) is 8.73. The Balaban J connectivity index is 1.23. The molecule has 3 heterocycles. The Morgan fingerprint density at radius 1 is 0.830 bits per heavy atom. The Bertz CT molecular complexity index is 2000. The van der Waals surface area contributed by atoms with E-state index in [0.717, 1.165) is 52.1 Å². The summed E-state index contributed by atoms with van der Waals surface area (Å²) in [5.74, 6) is 3.14. The predicted octanol–water partition coefficient (Wildman–Crippen LogP) is 9.53. The van der Waals surface area contributed by atoms with Crippen molar-refractivity contribution >= 4 is 40.4 Å². The van der Waals surface area contributed by atoms with Gasteiger partial charge in [0, 0.05) is 22.5 Å². The maximum atomic E-state index is 7.13. The van der Waals surface area contributed by atoms with Crippen LogP contribution in [0.25, 0.3) is 0 Å². The van der Waals surface area contributed by atoms with Crippen LogP contribution in [0.2, 0.25) is 5.82 Å². The van der Waals surface area contributed by atoms with E-state index < -0.39 is 0 Å². The molecule has 0 bridgehead atoms. The number of ether oxygens (including phenoxy) is 2. The van der Waals surface area contributed by atoms with Gasteiger partial charge in [0.1, 0.15) is 23.4 Å². The molecule has 0 radical (unpaired) electrons. The van der Waals surface area contributed by atoms with Crippen LogP contribution in [0.15, 0.2) is 96.7 Å². The number of anilines is 4. The third-order valence-electron chi connectivity index (χ3n) is 11.5. The minimum atomic E-state index is -0.129. The molecule has 1 N–H and O–H groups in total.